The van der Waals surface area contributed by atoms with E-state index in [9.17, 15) is 0 Å². The minimum Gasteiger partial charge on any atom is -0.0987 e. The highest BCUT2D eigenvalue weighted by Crippen LogP contribution is 2.13. The molecule has 1 heteroatoms. The van der Waals surface area contributed by atoms with Crippen LogP contribution in [-0.2, 0) is 0 Å². The van der Waals surface area contributed by atoms with E-state index in [1.54, 1.807) is 12.2 Å². The number of hydrogen-bond acceptors (Lipinski definition) is 0. The van der Waals surface area contributed by atoms with Crippen molar-refractivity contribution in [2.75, 3.05) is 0 Å². The maximum Gasteiger partial charge on any atom is 0.0431 e. The molecule has 1 aromatic rings. The predicted molar refractivity (Wildman–Crippen MR) is 74.7 cm³/mol. The van der Waals surface area contributed by atoms with Crippen molar-refractivity contribution in [1.82, 2.24) is 0 Å². The Balaban J connectivity index is 0.000000288. The Morgan fingerprint density at radius 3 is 1.94 bits per heavy atom. The summed E-state index contributed by atoms with van der Waals surface area (Å²) in [6.07, 6.45) is 4.29. The lowest BCUT2D eigenvalue weighted by molar-refractivity contribution is 1.15. The summed E-state index contributed by atoms with van der Waals surface area (Å²) in [6, 6.07) is 10.3. The van der Waals surface area contributed by atoms with E-state index in [-0.39, 0.29) is 0 Å². The number of allylic oxidation sites excluding steroid dienone is 4. The third-order valence-electron chi connectivity index (χ3n) is 2.05. The lowest BCUT2D eigenvalue weighted by atomic mass is 10.2. The predicted octanol–water partition coefficient (Wildman–Crippen LogP) is 5.26. The standard InChI is InChI=1S/C8H11Cl.C7H8/c1-4-7(5-2)8(9)6-3;1-7-5-3-2-4-6-7/h4,6H,1,3,5H2,2H3;2-6H,1H3/b8-7-;. The minimum atomic E-state index is 0.701. The molecule has 0 saturated heterocycles. The third kappa shape index (κ3) is 6.26. The van der Waals surface area contributed by atoms with E-state index >= 15 is 0 Å². The number of benzene rings is 1. The van der Waals surface area contributed by atoms with Gasteiger partial charge in [-0.3, -0.25) is 0 Å². The molecule has 0 amide bonds. The Morgan fingerprint density at radius 2 is 1.75 bits per heavy atom. The largest absolute Gasteiger partial charge is 0.0987 e. The Hall–Kier alpha value is -1.27. The second kappa shape index (κ2) is 8.99. The summed E-state index contributed by atoms with van der Waals surface area (Å²) in [4.78, 5) is 0. The van der Waals surface area contributed by atoms with Gasteiger partial charge in [-0.05, 0) is 18.9 Å². The van der Waals surface area contributed by atoms with Crippen LogP contribution >= 0.6 is 11.6 Å². The van der Waals surface area contributed by atoms with Crippen molar-refractivity contribution in [3.63, 3.8) is 0 Å². The maximum absolute atomic E-state index is 5.72. The monoisotopic (exact) mass is 234 g/mol. The van der Waals surface area contributed by atoms with Gasteiger partial charge in [0.2, 0.25) is 0 Å². The molecule has 0 aliphatic carbocycles. The van der Waals surface area contributed by atoms with Gasteiger partial charge in [0.25, 0.3) is 0 Å². The Labute approximate surface area is 104 Å². The molecule has 16 heavy (non-hydrogen) atoms. The zero-order valence-corrected chi connectivity index (χ0v) is 10.8. The van der Waals surface area contributed by atoms with Crippen molar-refractivity contribution >= 4 is 11.6 Å². The van der Waals surface area contributed by atoms with E-state index in [1.807, 2.05) is 25.1 Å². The van der Waals surface area contributed by atoms with E-state index in [1.165, 1.54) is 5.56 Å². The van der Waals surface area contributed by atoms with Gasteiger partial charge in [0.05, 0.1) is 0 Å². The fourth-order valence-electron chi connectivity index (χ4n) is 1.08. The van der Waals surface area contributed by atoms with Crippen LogP contribution in [0.15, 0.2) is 66.2 Å². The minimum absolute atomic E-state index is 0.701. The molecule has 0 nitrogen and oxygen atoms in total. The van der Waals surface area contributed by atoms with Crippen LogP contribution in [0.1, 0.15) is 18.9 Å². The first-order valence-corrected chi connectivity index (χ1v) is 5.68. The third-order valence-corrected chi connectivity index (χ3v) is 2.45. The fraction of sp³-hybridized carbons (Fsp3) is 0.200. The zero-order valence-electron chi connectivity index (χ0n) is 10.0. The van der Waals surface area contributed by atoms with Gasteiger partial charge in [-0.15, -0.1) is 0 Å². The Morgan fingerprint density at radius 1 is 1.19 bits per heavy atom. The topological polar surface area (TPSA) is 0 Å². The molecule has 0 radical (unpaired) electrons. The van der Waals surface area contributed by atoms with Crippen molar-refractivity contribution in [2.45, 2.75) is 20.3 Å². The molecule has 0 spiro atoms. The quantitative estimate of drug-likeness (QED) is 0.626. The van der Waals surface area contributed by atoms with Gasteiger partial charge in [-0.2, -0.15) is 0 Å². The van der Waals surface area contributed by atoms with Crippen molar-refractivity contribution < 1.29 is 0 Å². The van der Waals surface area contributed by atoms with Crippen LogP contribution < -0.4 is 0 Å². The van der Waals surface area contributed by atoms with Crippen molar-refractivity contribution in [2.24, 2.45) is 0 Å². The van der Waals surface area contributed by atoms with Crippen LogP contribution in [0.2, 0.25) is 0 Å². The van der Waals surface area contributed by atoms with Crippen molar-refractivity contribution in [1.29, 1.82) is 0 Å². The Bertz CT molecular complexity index is 347. The number of hydrogen-bond donors (Lipinski definition) is 0. The van der Waals surface area contributed by atoms with Crippen molar-refractivity contribution in [3.05, 3.63) is 71.8 Å². The first-order valence-electron chi connectivity index (χ1n) is 5.30. The van der Waals surface area contributed by atoms with E-state index in [4.69, 9.17) is 11.6 Å². The molecular formula is C15H19Cl. The fourth-order valence-corrected chi connectivity index (χ4v) is 1.29. The zero-order chi connectivity index (χ0) is 12.4. The van der Waals surface area contributed by atoms with Crippen LogP contribution in [0.5, 0.6) is 0 Å². The van der Waals surface area contributed by atoms with Crippen LogP contribution in [0.3, 0.4) is 0 Å². The molecule has 0 unspecified atom stereocenters. The Kier molecular flexibility index (Phi) is 8.28. The molecule has 0 saturated carbocycles. The molecule has 0 fully saturated rings. The SMILES string of the molecule is C=C/C(Cl)=C(\C=C)CC.Cc1ccccc1. The lowest BCUT2D eigenvalue weighted by Gasteiger charge is -1.95. The molecule has 0 aromatic heterocycles. The van der Waals surface area contributed by atoms with Crippen molar-refractivity contribution in [3.8, 4) is 0 Å². The van der Waals surface area contributed by atoms with E-state index < -0.39 is 0 Å². The summed E-state index contributed by atoms with van der Waals surface area (Å²) >= 11 is 5.72. The number of rotatable bonds is 3. The average Bonchev–Trinajstić information content (AvgIpc) is 2.32. The van der Waals surface area contributed by atoms with Gasteiger partial charge in [0.15, 0.2) is 0 Å². The van der Waals surface area contributed by atoms with Crippen LogP contribution in [0.25, 0.3) is 0 Å². The summed E-state index contributed by atoms with van der Waals surface area (Å²) in [5.74, 6) is 0. The van der Waals surface area contributed by atoms with Crippen LogP contribution in [0.4, 0.5) is 0 Å². The highest BCUT2D eigenvalue weighted by molar-refractivity contribution is 6.31. The summed E-state index contributed by atoms with van der Waals surface area (Å²) in [5, 5.41) is 0.701. The number of aryl methyl sites for hydroxylation is 1. The van der Waals surface area contributed by atoms with E-state index in [2.05, 4.69) is 32.2 Å². The second-order valence-corrected chi connectivity index (χ2v) is 3.70. The second-order valence-electron chi connectivity index (χ2n) is 3.29. The normalized spacial score (nSPS) is 10.7. The lowest BCUT2D eigenvalue weighted by Crippen LogP contribution is -1.75. The molecule has 0 aliphatic heterocycles. The van der Waals surface area contributed by atoms with Crippen LogP contribution in [-0.4, -0.2) is 0 Å². The first-order chi connectivity index (χ1) is 7.65. The van der Waals surface area contributed by atoms with Gasteiger partial charge in [-0.25, -0.2) is 0 Å². The maximum atomic E-state index is 5.72. The molecule has 0 heterocycles. The van der Waals surface area contributed by atoms with E-state index in [0.717, 1.165) is 12.0 Å². The molecular weight excluding hydrogens is 216 g/mol. The number of halogens is 1. The molecule has 0 atom stereocenters. The van der Waals surface area contributed by atoms with Gasteiger partial charge in [0, 0.05) is 5.03 Å². The van der Waals surface area contributed by atoms with Gasteiger partial charge in [0.1, 0.15) is 0 Å². The molecule has 0 aliphatic rings. The smallest absolute Gasteiger partial charge is 0.0431 e. The highest BCUT2D eigenvalue weighted by Gasteiger charge is 1.91. The molecule has 0 N–H and O–H groups in total. The molecule has 86 valence electrons. The summed E-state index contributed by atoms with van der Waals surface area (Å²) in [5.41, 5.74) is 2.37. The molecule has 1 aromatic carbocycles. The summed E-state index contributed by atoms with van der Waals surface area (Å²) < 4.78 is 0. The molecule has 0 bridgehead atoms. The highest BCUT2D eigenvalue weighted by atomic mass is 35.5. The molecule has 1 rings (SSSR count). The van der Waals surface area contributed by atoms with Gasteiger partial charge in [-0.1, -0.05) is 79.7 Å². The average molecular weight is 235 g/mol. The van der Waals surface area contributed by atoms with Gasteiger partial charge >= 0.3 is 0 Å². The summed E-state index contributed by atoms with van der Waals surface area (Å²) in [6.45, 7) is 11.3. The van der Waals surface area contributed by atoms with Gasteiger partial charge < -0.3 is 0 Å². The summed E-state index contributed by atoms with van der Waals surface area (Å²) in [7, 11) is 0. The van der Waals surface area contributed by atoms with Crippen LogP contribution in [0, 0.1) is 6.92 Å². The first kappa shape index (κ1) is 14.7. The van der Waals surface area contributed by atoms with E-state index in [0.29, 0.717) is 5.03 Å².